The van der Waals surface area contributed by atoms with Gasteiger partial charge >= 0.3 is 12.0 Å². The lowest BCUT2D eigenvalue weighted by Crippen LogP contribution is -2.49. The number of hydrogen-bond donors (Lipinski definition) is 2. The zero-order valence-electron chi connectivity index (χ0n) is 9.71. The summed E-state index contributed by atoms with van der Waals surface area (Å²) in [6.45, 7) is -1.16. The van der Waals surface area contributed by atoms with Gasteiger partial charge in [-0.15, -0.1) is 12.4 Å². The summed E-state index contributed by atoms with van der Waals surface area (Å²) in [7, 11) is 0. The molecule has 2 rings (SSSR count). The Morgan fingerprint density at radius 2 is 2.15 bits per heavy atom. The normalized spacial score (nSPS) is 20.3. The maximum Gasteiger partial charge on any atom is 0.408 e. The second-order valence-electron chi connectivity index (χ2n) is 3.91. The molecule has 0 radical (unpaired) electrons. The third kappa shape index (κ3) is 2.87. The molecular formula is C10H9ClF2N2O5. The van der Waals surface area contributed by atoms with E-state index in [0.29, 0.717) is 0 Å². The fourth-order valence-electron chi connectivity index (χ4n) is 1.70. The Hall–Kier alpha value is -2.16. The SMILES string of the molecule is Cl.O=C1N[C@@H](c2cc([N+](=O)[O-])ccc2O)C(F)(F)CO1. The van der Waals surface area contributed by atoms with E-state index in [0.717, 1.165) is 18.2 Å². The van der Waals surface area contributed by atoms with E-state index >= 15 is 0 Å². The number of halogens is 3. The summed E-state index contributed by atoms with van der Waals surface area (Å²) in [5, 5.41) is 22.0. The van der Waals surface area contributed by atoms with E-state index < -0.39 is 46.6 Å². The lowest BCUT2D eigenvalue weighted by molar-refractivity contribution is -0.385. The van der Waals surface area contributed by atoms with Crippen molar-refractivity contribution in [2.45, 2.75) is 12.0 Å². The largest absolute Gasteiger partial charge is 0.508 e. The van der Waals surface area contributed by atoms with Gasteiger partial charge in [0, 0.05) is 17.7 Å². The molecule has 7 nitrogen and oxygen atoms in total. The number of non-ortho nitro benzene ring substituents is 1. The van der Waals surface area contributed by atoms with Crippen LogP contribution < -0.4 is 5.32 Å². The number of rotatable bonds is 2. The molecule has 1 aromatic carbocycles. The molecule has 1 aromatic rings. The lowest BCUT2D eigenvalue weighted by Gasteiger charge is -2.31. The number of nitrogens with one attached hydrogen (secondary N) is 1. The van der Waals surface area contributed by atoms with E-state index in [4.69, 9.17) is 0 Å². The van der Waals surface area contributed by atoms with E-state index in [-0.39, 0.29) is 12.4 Å². The maximum atomic E-state index is 13.6. The van der Waals surface area contributed by atoms with Crippen molar-refractivity contribution >= 4 is 24.2 Å². The number of aromatic hydroxyl groups is 1. The zero-order valence-corrected chi connectivity index (χ0v) is 10.5. The Bertz CT molecular complexity index is 554. The standard InChI is InChI=1S/C10H8F2N2O5.ClH/c11-10(12)4-19-9(16)13-8(10)6-3-5(14(17)18)1-2-7(6)15;/h1-3,8,15H,4H2,(H,13,16);1H/t8-;/m0./s1. The second kappa shape index (κ2) is 5.45. The number of nitro groups is 1. The molecule has 2 N–H and O–H groups in total. The summed E-state index contributed by atoms with van der Waals surface area (Å²) in [4.78, 5) is 20.8. The van der Waals surface area contributed by atoms with Crippen molar-refractivity contribution in [3.05, 3.63) is 33.9 Å². The molecule has 0 saturated carbocycles. The van der Waals surface area contributed by atoms with Crippen molar-refractivity contribution in [1.82, 2.24) is 5.32 Å². The van der Waals surface area contributed by atoms with Crippen molar-refractivity contribution in [3.63, 3.8) is 0 Å². The predicted molar refractivity (Wildman–Crippen MR) is 64.2 cm³/mol. The fourth-order valence-corrected chi connectivity index (χ4v) is 1.70. The molecule has 1 aliphatic heterocycles. The summed E-state index contributed by atoms with van der Waals surface area (Å²) < 4.78 is 31.4. The first kappa shape index (κ1) is 15.9. The Morgan fingerprint density at radius 3 is 2.75 bits per heavy atom. The number of benzene rings is 1. The van der Waals surface area contributed by atoms with Gasteiger partial charge in [-0.2, -0.15) is 0 Å². The number of carbonyl (C=O) groups is 1. The van der Waals surface area contributed by atoms with E-state index in [1.54, 1.807) is 0 Å². The smallest absolute Gasteiger partial charge is 0.408 e. The van der Waals surface area contributed by atoms with Crippen LogP contribution >= 0.6 is 12.4 Å². The molecule has 0 spiro atoms. The first-order valence-corrected chi connectivity index (χ1v) is 5.09. The van der Waals surface area contributed by atoms with Crippen LogP contribution in [-0.4, -0.2) is 28.7 Å². The summed E-state index contributed by atoms with van der Waals surface area (Å²) >= 11 is 0. The van der Waals surface area contributed by atoms with Crippen LogP contribution in [0.3, 0.4) is 0 Å². The molecule has 1 fully saturated rings. The van der Waals surface area contributed by atoms with Crippen LogP contribution in [0.4, 0.5) is 19.3 Å². The molecule has 1 saturated heterocycles. The topological polar surface area (TPSA) is 102 Å². The average Bonchev–Trinajstić information content (AvgIpc) is 2.33. The van der Waals surface area contributed by atoms with Crippen LogP contribution in [0.15, 0.2) is 18.2 Å². The predicted octanol–water partition coefficient (Wildman–Crippen LogP) is 2.14. The monoisotopic (exact) mass is 310 g/mol. The first-order valence-electron chi connectivity index (χ1n) is 5.09. The number of phenols is 1. The number of cyclic esters (lactones) is 1. The number of ether oxygens (including phenoxy) is 1. The number of alkyl carbamates (subject to hydrolysis) is 1. The minimum atomic E-state index is -3.49. The van der Waals surface area contributed by atoms with Crippen LogP contribution in [0.25, 0.3) is 0 Å². The van der Waals surface area contributed by atoms with Crippen molar-refractivity contribution in [3.8, 4) is 5.75 Å². The highest BCUT2D eigenvalue weighted by Gasteiger charge is 2.48. The van der Waals surface area contributed by atoms with Crippen molar-refractivity contribution in [2.24, 2.45) is 0 Å². The molecule has 1 amide bonds. The van der Waals surface area contributed by atoms with E-state index in [1.807, 2.05) is 5.32 Å². The van der Waals surface area contributed by atoms with Gasteiger partial charge in [0.2, 0.25) is 0 Å². The third-order valence-electron chi connectivity index (χ3n) is 2.61. The Labute approximate surface area is 117 Å². The number of phenolic OH excluding ortho intramolecular Hbond substituents is 1. The highest BCUT2D eigenvalue weighted by atomic mass is 35.5. The summed E-state index contributed by atoms with van der Waals surface area (Å²) in [5.74, 6) is -4.06. The van der Waals surface area contributed by atoms with Crippen molar-refractivity contribution in [2.75, 3.05) is 6.61 Å². The quantitative estimate of drug-likeness (QED) is 0.643. The number of alkyl halides is 2. The van der Waals surface area contributed by atoms with Crippen LogP contribution in [-0.2, 0) is 4.74 Å². The number of nitro benzene ring substituents is 1. The lowest BCUT2D eigenvalue weighted by atomic mass is 9.98. The van der Waals surface area contributed by atoms with Gasteiger partial charge in [-0.25, -0.2) is 13.6 Å². The summed E-state index contributed by atoms with van der Waals surface area (Å²) in [6, 6.07) is 0.802. The van der Waals surface area contributed by atoms with E-state index in [1.165, 1.54) is 0 Å². The van der Waals surface area contributed by atoms with E-state index in [9.17, 15) is 28.8 Å². The molecule has 1 aliphatic rings. The Morgan fingerprint density at radius 1 is 1.50 bits per heavy atom. The summed E-state index contributed by atoms with van der Waals surface area (Å²) in [5.41, 5.74) is -0.903. The van der Waals surface area contributed by atoms with Gasteiger partial charge < -0.3 is 15.2 Å². The third-order valence-corrected chi connectivity index (χ3v) is 2.61. The van der Waals surface area contributed by atoms with Gasteiger partial charge in [0.15, 0.2) is 6.61 Å². The Balaban J connectivity index is 0.00000200. The molecule has 110 valence electrons. The van der Waals surface area contributed by atoms with Gasteiger partial charge in [0.05, 0.1) is 4.92 Å². The minimum Gasteiger partial charge on any atom is -0.508 e. The van der Waals surface area contributed by atoms with Gasteiger partial charge in [-0.05, 0) is 6.07 Å². The molecular weight excluding hydrogens is 302 g/mol. The molecule has 0 bridgehead atoms. The fraction of sp³-hybridized carbons (Fsp3) is 0.300. The number of nitrogens with zero attached hydrogens (tertiary/aromatic N) is 1. The zero-order chi connectivity index (χ0) is 14.2. The van der Waals surface area contributed by atoms with Gasteiger partial charge in [-0.1, -0.05) is 0 Å². The summed E-state index contributed by atoms with van der Waals surface area (Å²) in [6.07, 6.45) is -1.08. The maximum absolute atomic E-state index is 13.6. The van der Waals surface area contributed by atoms with Gasteiger partial charge in [-0.3, -0.25) is 10.1 Å². The van der Waals surface area contributed by atoms with Crippen LogP contribution in [0.5, 0.6) is 5.75 Å². The molecule has 0 unspecified atom stereocenters. The molecule has 20 heavy (non-hydrogen) atoms. The van der Waals surface area contributed by atoms with Crippen LogP contribution in [0, 0.1) is 10.1 Å². The highest BCUT2D eigenvalue weighted by molar-refractivity contribution is 5.85. The molecule has 1 atom stereocenters. The highest BCUT2D eigenvalue weighted by Crippen LogP contribution is 2.39. The molecule has 1 heterocycles. The van der Waals surface area contributed by atoms with E-state index in [2.05, 4.69) is 4.74 Å². The van der Waals surface area contributed by atoms with Crippen LogP contribution in [0.2, 0.25) is 0 Å². The first-order chi connectivity index (χ1) is 8.81. The van der Waals surface area contributed by atoms with Gasteiger partial charge in [0.1, 0.15) is 11.8 Å². The Kier molecular flexibility index (Phi) is 4.33. The molecule has 0 aliphatic carbocycles. The average molecular weight is 311 g/mol. The van der Waals surface area contributed by atoms with Gasteiger partial charge in [0.25, 0.3) is 5.69 Å². The molecule has 10 heteroatoms. The minimum absolute atomic E-state index is 0. The second-order valence-corrected chi connectivity index (χ2v) is 3.91. The number of amides is 1. The number of carbonyl (C=O) groups excluding carboxylic acids is 1. The van der Waals surface area contributed by atoms with Crippen molar-refractivity contribution < 1.29 is 28.3 Å². The molecule has 0 aromatic heterocycles. The number of hydrogen-bond acceptors (Lipinski definition) is 5. The van der Waals surface area contributed by atoms with Crippen molar-refractivity contribution in [1.29, 1.82) is 0 Å². The van der Waals surface area contributed by atoms with Crippen LogP contribution in [0.1, 0.15) is 11.6 Å².